The molecular weight excluding hydrogens is 440 g/mol. The Hall–Kier alpha value is -2.34. The highest BCUT2D eigenvalue weighted by molar-refractivity contribution is 7.89. The molecule has 0 spiro atoms. The lowest BCUT2D eigenvalue weighted by molar-refractivity contribution is 0.369. The maximum Gasteiger partial charge on any atom is 0.243 e. The molecule has 0 radical (unpaired) electrons. The number of benzene rings is 3. The quantitative estimate of drug-likeness (QED) is 0.538. The Morgan fingerprint density at radius 2 is 1.75 bits per heavy atom. The van der Waals surface area contributed by atoms with E-state index in [9.17, 15) is 8.42 Å². The smallest absolute Gasteiger partial charge is 0.243 e. The molecule has 2 aliphatic rings. The van der Waals surface area contributed by atoms with Gasteiger partial charge in [0.15, 0.2) is 0 Å². The van der Waals surface area contributed by atoms with E-state index in [-0.39, 0.29) is 23.9 Å². The van der Waals surface area contributed by atoms with Gasteiger partial charge in [0.2, 0.25) is 10.0 Å². The number of rotatable bonds is 4. The summed E-state index contributed by atoms with van der Waals surface area (Å²) in [6.07, 6.45) is 0.740. The molecule has 2 unspecified atom stereocenters. The van der Waals surface area contributed by atoms with Crippen molar-refractivity contribution in [2.24, 2.45) is 5.92 Å². The highest BCUT2D eigenvalue weighted by atomic mass is 35.5. The number of halogens is 1. The Kier molecular flexibility index (Phi) is 5.52. The standard InChI is InChI=1S/C26H27ClN2O2S/c1-3-24-26-22(16-29(24)32(30,31)20-12-9-17(2)10-13-20)25(18-7-5-4-6-8-18)21-15-19(27)11-14-23(21)28-26/h4-15,22,24-26,28H,3,16H2,1-2H3/t22-,24?,25?,26-/m1/s1. The van der Waals surface area contributed by atoms with E-state index < -0.39 is 10.0 Å². The van der Waals surface area contributed by atoms with E-state index in [1.54, 1.807) is 16.4 Å². The number of sulfonamides is 1. The van der Waals surface area contributed by atoms with Crippen molar-refractivity contribution in [2.45, 2.75) is 43.2 Å². The molecule has 3 aromatic carbocycles. The maximum atomic E-state index is 13.7. The Bertz CT molecular complexity index is 1230. The van der Waals surface area contributed by atoms with Crippen molar-refractivity contribution in [3.8, 4) is 0 Å². The van der Waals surface area contributed by atoms with Crippen LogP contribution in [-0.4, -0.2) is 31.4 Å². The van der Waals surface area contributed by atoms with Gasteiger partial charge in [0, 0.05) is 41.2 Å². The monoisotopic (exact) mass is 466 g/mol. The summed E-state index contributed by atoms with van der Waals surface area (Å²) in [7, 11) is -3.61. The van der Waals surface area contributed by atoms with Gasteiger partial charge in [-0.1, -0.05) is 66.6 Å². The van der Waals surface area contributed by atoms with Crippen molar-refractivity contribution in [3.63, 3.8) is 0 Å². The van der Waals surface area contributed by atoms with Gasteiger partial charge < -0.3 is 5.32 Å². The summed E-state index contributed by atoms with van der Waals surface area (Å²) in [5.74, 6) is 0.178. The van der Waals surface area contributed by atoms with Crippen LogP contribution in [0, 0.1) is 12.8 Å². The summed E-state index contributed by atoms with van der Waals surface area (Å²) >= 11 is 6.39. The average molecular weight is 467 g/mol. The molecule has 0 aromatic heterocycles. The third kappa shape index (κ3) is 3.53. The van der Waals surface area contributed by atoms with Crippen LogP contribution < -0.4 is 5.32 Å². The lowest BCUT2D eigenvalue weighted by atomic mass is 9.74. The molecule has 2 heterocycles. The zero-order valence-corrected chi connectivity index (χ0v) is 19.8. The minimum absolute atomic E-state index is 0.0269. The minimum Gasteiger partial charge on any atom is -0.380 e. The normalized spacial score (nSPS) is 25.1. The van der Waals surface area contributed by atoms with Gasteiger partial charge in [0.05, 0.1) is 4.90 Å². The number of fused-ring (bicyclic) bond motifs is 2. The molecule has 1 saturated heterocycles. The highest BCUT2D eigenvalue weighted by Crippen LogP contribution is 2.49. The van der Waals surface area contributed by atoms with Gasteiger partial charge in [0.25, 0.3) is 0 Å². The molecule has 0 aliphatic carbocycles. The predicted molar refractivity (Wildman–Crippen MR) is 130 cm³/mol. The Labute approximate surface area is 195 Å². The van der Waals surface area contributed by atoms with E-state index in [4.69, 9.17) is 11.6 Å². The van der Waals surface area contributed by atoms with Crippen molar-refractivity contribution in [1.82, 2.24) is 4.31 Å². The molecule has 166 valence electrons. The fourth-order valence-corrected chi connectivity index (χ4v) is 7.37. The van der Waals surface area contributed by atoms with Crippen molar-refractivity contribution in [2.75, 3.05) is 11.9 Å². The number of hydrogen-bond donors (Lipinski definition) is 1. The first kappa shape index (κ1) is 21.5. The number of aryl methyl sites for hydroxylation is 1. The third-order valence-corrected chi connectivity index (χ3v) is 9.08. The van der Waals surface area contributed by atoms with Gasteiger partial charge >= 0.3 is 0 Å². The molecule has 1 N–H and O–H groups in total. The predicted octanol–water partition coefficient (Wildman–Crippen LogP) is 5.67. The molecule has 6 heteroatoms. The van der Waals surface area contributed by atoms with Gasteiger partial charge in [-0.05, 0) is 54.8 Å². The minimum atomic E-state index is -3.61. The number of nitrogens with one attached hydrogen (secondary N) is 1. The van der Waals surface area contributed by atoms with Crippen LogP contribution in [0.25, 0.3) is 0 Å². The second kappa shape index (κ2) is 8.22. The van der Waals surface area contributed by atoms with Crippen LogP contribution in [0.1, 0.15) is 36.0 Å². The van der Waals surface area contributed by atoms with Gasteiger partial charge in [-0.15, -0.1) is 0 Å². The maximum absolute atomic E-state index is 13.7. The van der Waals surface area contributed by atoms with Crippen LogP contribution in [0.5, 0.6) is 0 Å². The first-order valence-electron chi connectivity index (χ1n) is 11.1. The lowest BCUT2D eigenvalue weighted by Crippen LogP contribution is -2.44. The first-order valence-corrected chi connectivity index (χ1v) is 12.9. The zero-order valence-electron chi connectivity index (χ0n) is 18.2. The molecule has 4 atom stereocenters. The Morgan fingerprint density at radius 1 is 1.03 bits per heavy atom. The second-order valence-electron chi connectivity index (χ2n) is 8.82. The van der Waals surface area contributed by atoms with Gasteiger partial charge in [-0.3, -0.25) is 0 Å². The van der Waals surface area contributed by atoms with Gasteiger partial charge in [-0.25, -0.2) is 8.42 Å². The molecule has 3 aromatic rings. The van der Waals surface area contributed by atoms with Crippen LogP contribution in [-0.2, 0) is 10.0 Å². The van der Waals surface area contributed by atoms with E-state index in [1.807, 2.05) is 55.5 Å². The van der Waals surface area contributed by atoms with Crippen LogP contribution in [0.2, 0.25) is 5.02 Å². The van der Waals surface area contributed by atoms with E-state index in [0.29, 0.717) is 16.5 Å². The largest absolute Gasteiger partial charge is 0.380 e. The molecule has 0 saturated carbocycles. The van der Waals surface area contributed by atoms with Gasteiger partial charge in [-0.2, -0.15) is 4.31 Å². The van der Waals surface area contributed by atoms with Crippen LogP contribution >= 0.6 is 11.6 Å². The summed E-state index contributed by atoms with van der Waals surface area (Å²) in [5.41, 5.74) is 4.41. The fourth-order valence-electron chi connectivity index (χ4n) is 5.44. The summed E-state index contributed by atoms with van der Waals surface area (Å²) in [6.45, 7) is 4.51. The molecule has 0 amide bonds. The van der Waals surface area contributed by atoms with E-state index >= 15 is 0 Å². The molecule has 32 heavy (non-hydrogen) atoms. The van der Waals surface area contributed by atoms with Crippen molar-refractivity contribution in [1.29, 1.82) is 0 Å². The third-order valence-electron chi connectivity index (χ3n) is 6.94. The van der Waals surface area contributed by atoms with Crippen LogP contribution in [0.15, 0.2) is 77.7 Å². The van der Waals surface area contributed by atoms with E-state index in [2.05, 4.69) is 24.4 Å². The average Bonchev–Trinajstić information content (AvgIpc) is 3.17. The first-order chi connectivity index (χ1) is 15.4. The molecular formula is C26H27ClN2O2S. The zero-order chi connectivity index (χ0) is 22.5. The Balaban J connectivity index is 1.61. The summed E-state index contributed by atoms with van der Waals surface area (Å²) < 4.78 is 29.1. The Morgan fingerprint density at radius 3 is 2.44 bits per heavy atom. The summed E-state index contributed by atoms with van der Waals surface area (Å²) in [4.78, 5) is 0.358. The van der Waals surface area contributed by atoms with Crippen LogP contribution in [0.4, 0.5) is 5.69 Å². The summed E-state index contributed by atoms with van der Waals surface area (Å²) in [5, 5.41) is 4.38. The van der Waals surface area contributed by atoms with Gasteiger partial charge in [0.1, 0.15) is 0 Å². The van der Waals surface area contributed by atoms with Crippen LogP contribution in [0.3, 0.4) is 0 Å². The molecule has 0 bridgehead atoms. The number of hydrogen-bond acceptors (Lipinski definition) is 3. The number of anilines is 1. The summed E-state index contributed by atoms with van der Waals surface area (Å²) in [6, 6.07) is 23.4. The van der Waals surface area contributed by atoms with Crippen molar-refractivity contribution >= 4 is 27.3 Å². The van der Waals surface area contributed by atoms with Crippen molar-refractivity contribution < 1.29 is 8.42 Å². The fraction of sp³-hybridized carbons (Fsp3) is 0.308. The SMILES string of the molecule is CCC1[C@@H]2Nc3ccc(Cl)cc3C(c3ccccc3)[C@H]2CN1S(=O)(=O)c1ccc(C)cc1. The highest BCUT2D eigenvalue weighted by Gasteiger charge is 2.52. The topological polar surface area (TPSA) is 49.4 Å². The molecule has 1 fully saturated rings. The number of nitrogens with zero attached hydrogens (tertiary/aromatic N) is 1. The lowest BCUT2D eigenvalue weighted by Gasteiger charge is -2.38. The molecule has 2 aliphatic heterocycles. The van der Waals surface area contributed by atoms with E-state index in [0.717, 1.165) is 23.2 Å². The second-order valence-corrected chi connectivity index (χ2v) is 11.1. The van der Waals surface area contributed by atoms with Crippen molar-refractivity contribution in [3.05, 3.63) is 94.5 Å². The molecule has 5 rings (SSSR count). The molecule has 4 nitrogen and oxygen atoms in total. The van der Waals surface area contributed by atoms with E-state index in [1.165, 1.54) is 5.56 Å².